The number of carbonyl (C=O) groups is 1. The molecule has 1 heterocycles. The van der Waals surface area contributed by atoms with Crippen molar-refractivity contribution >= 4 is 17.0 Å². The number of aromatic nitrogens is 2. The van der Waals surface area contributed by atoms with Crippen LogP contribution in [0.15, 0.2) is 48.5 Å². The van der Waals surface area contributed by atoms with E-state index in [4.69, 9.17) is 9.47 Å². The molecule has 0 aliphatic rings. The van der Waals surface area contributed by atoms with Gasteiger partial charge in [0.15, 0.2) is 0 Å². The molecule has 3 rings (SSSR count). The van der Waals surface area contributed by atoms with E-state index in [9.17, 15) is 4.79 Å². The highest BCUT2D eigenvalue weighted by atomic mass is 16.5. The summed E-state index contributed by atoms with van der Waals surface area (Å²) in [6.07, 6.45) is 0. The fraction of sp³-hybridized carbons (Fsp3) is 0.211. The third-order valence-corrected chi connectivity index (χ3v) is 3.68. The normalized spacial score (nSPS) is 10.8. The van der Waals surface area contributed by atoms with Gasteiger partial charge in [-0.3, -0.25) is 0 Å². The van der Waals surface area contributed by atoms with Gasteiger partial charge in [-0.15, -0.1) is 0 Å². The van der Waals surface area contributed by atoms with Crippen molar-refractivity contribution < 1.29 is 14.3 Å². The number of rotatable bonds is 5. The summed E-state index contributed by atoms with van der Waals surface area (Å²) in [5, 5.41) is 0. The molecule has 0 fully saturated rings. The topological polar surface area (TPSA) is 61.3 Å². The van der Waals surface area contributed by atoms with Gasteiger partial charge in [0.2, 0.25) is 0 Å². The van der Waals surface area contributed by atoms with E-state index in [2.05, 4.69) is 9.97 Å². The van der Waals surface area contributed by atoms with Gasteiger partial charge in [0.05, 0.1) is 34.6 Å². The predicted octanol–water partition coefficient (Wildman–Crippen LogP) is 3.44. The fourth-order valence-electron chi connectivity index (χ4n) is 2.38. The Morgan fingerprint density at radius 2 is 1.62 bits per heavy atom. The zero-order valence-corrected chi connectivity index (χ0v) is 13.7. The first-order chi connectivity index (χ1) is 11.7. The minimum absolute atomic E-state index is 0.0995. The van der Waals surface area contributed by atoms with Gasteiger partial charge >= 0.3 is 5.97 Å². The molecule has 24 heavy (non-hydrogen) atoms. The Morgan fingerprint density at radius 3 is 2.29 bits per heavy atom. The molecule has 5 nitrogen and oxygen atoms in total. The van der Waals surface area contributed by atoms with Crippen LogP contribution in [0.5, 0.6) is 0 Å². The molecule has 0 spiro atoms. The smallest absolute Gasteiger partial charge is 0.338 e. The zero-order chi connectivity index (χ0) is 16.9. The molecular weight excluding hydrogens is 304 g/mol. The van der Waals surface area contributed by atoms with Crippen molar-refractivity contribution in [1.82, 2.24) is 9.97 Å². The van der Waals surface area contributed by atoms with E-state index in [0.717, 1.165) is 22.3 Å². The lowest BCUT2D eigenvalue weighted by Crippen LogP contribution is -2.08. The largest absolute Gasteiger partial charge is 0.456 e. The van der Waals surface area contributed by atoms with E-state index in [0.29, 0.717) is 17.9 Å². The van der Waals surface area contributed by atoms with Crippen LogP contribution in [-0.2, 0) is 22.7 Å². The van der Waals surface area contributed by atoms with Crippen LogP contribution in [0.2, 0.25) is 0 Å². The lowest BCUT2D eigenvalue weighted by Gasteiger charge is -2.08. The first-order valence-corrected chi connectivity index (χ1v) is 7.64. The van der Waals surface area contributed by atoms with Crippen molar-refractivity contribution in [3.8, 4) is 0 Å². The Bertz CT molecular complexity index is 860. The van der Waals surface area contributed by atoms with Gasteiger partial charge in [-0.05, 0) is 36.8 Å². The van der Waals surface area contributed by atoms with Crippen LogP contribution >= 0.6 is 0 Å². The second-order valence-electron chi connectivity index (χ2n) is 5.45. The van der Waals surface area contributed by atoms with E-state index in [1.807, 2.05) is 43.3 Å². The predicted molar refractivity (Wildman–Crippen MR) is 90.5 cm³/mol. The summed E-state index contributed by atoms with van der Waals surface area (Å²) >= 11 is 0. The van der Waals surface area contributed by atoms with Crippen LogP contribution in [0.3, 0.4) is 0 Å². The number of fused-ring (bicyclic) bond motifs is 1. The molecule has 0 radical (unpaired) electrons. The second kappa shape index (κ2) is 7.19. The number of hydrogen-bond donors (Lipinski definition) is 0. The maximum Gasteiger partial charge on any atom is 0.338 e. The van der Waals surface area contributed by atoms with E-state index in [-0.39, 0.29) is 12.6 Å². The highest BCUT2D eigenvalue weighted by Crippen LogP contribution is 2.14. The quantitative estimate of drug-likeness (QED) is 0.673. The summed E-state index contributed by atoms with van der Waals surface area (Å²) in [5.41, 5.74) is 4.55. The number of aryl methyl sites for hydroxylation is 1. The van der Waals surface area contributed by atoms with Crippen molar-refractivity contribution in [3.63, 3.8) is 0 Å². The Hall–Kier alpha value is -2.79. The highest BCUT2D eigenvalue weighted by molar-refractivity contribution is 5.89. The summed E-state index contributed by atoms with van der Waals surface area (Å²) in [6.45, 7) is 2.48. The molecule has 0 unspecified atom stereocenters. The van der Waals surface area contributed by atoms with E-state index >= 15 is 0 Å². The number of carbonyl (C=O) groups excluding carboxylic acids is 1. The monoisotopic (exact) mass is 322 g/mol. The Balaban J connectivity index is 1.70. The number of nitrogens with zero attached hydrogens (tertiary/aromatic N) is 2. The first-order valence-electron chi connectivity index (χ1n) is 7.64. The molecule has 2 aromatic carbocycles. The van der Waals surface area contributed by atoms with E-state index < -0.39 is 0 Å². The fourth-order valence-corrected chi connectivity index (χ4v) is 2.38. The molecule has 0 atom stereocenters. The van der Waals surface area contributed by atoms with Crippen molar-refractivity contribution in [3.05, 3.63) is 71.0 Å². The number of hydrogen-bond acceptors (Lipinski definition) is 5. The standard InChI is InChI=1S/C19H18N2O3/c1-13-18(21-17-6-4-3-5-16(17)20-13)12-24-19(22)15-9-7-14(8-10-15)11-23-2/h3-10H,11-12H2,1-2H3. The summed E-state index contributed by atoms with van der Waals surface area (Å²) < 4.78 is 10.4. The summed E-state index contributed by atoms with van der Waals surface area (Å²) in [6, 6.07) is 14.8. The van der Waals surface area contributed by atoms with Crippen LogP contribution in [0.25, 0.3) is 11.0 Å². The van der Waals surface area contributed by atoms with Crippen LogP contribution in [-0.4, -0.2) is 23.0 Å². The highest BCUT2D eigenvalue weighted by Gasteiger charge is 2.11. The lowest BCUT2D eigenvalue weighted by molar-refractivity contribution is 0.0467. The molecule has 0 saturated carbocycles. The number of esters is 1. The van der Waals surface area contributed by atoms with Gasteiger partial charge in [0.1, 0.15) is 6.61 Å². The molecule has 3 aromatic rings. The molecule has 0 aliphatic carbocycles. The van der Waals surface area contributed by atoms with Crippen LogP contribution in [0.1, 0.15) is 27.3 Å². The van der Waals surface area contributed by atoms with Gasteiger partial charge in [-0.1, -0.05) is 24.3 Å². The molecule has 5 heteroatoms. The van der Waals surface area contributed by atoms with Crippen molar-refractivity contribution in [2.24, 2.45) is 0 Å². The van der Waals surface area contributed by atoms with Crippen LogP contribution in [0, 0.1) is 6.92 Å². The first kappa shape index (κ1) is 16.1. The van der Waals surface area contributed by atoms with Gasteiger partial charge in [-0.25, -0.2) is 14.8 Å². The SMILES string of the molecule is COCc1ccc(C(=O)OCc2nc3ccccc3nc2C)cc1. The van der Waals surface area contributed by atoms with Crippen molar-refractivity contribution in [2.75, 3.05) is 7.11 Å². The van der Waals surface area contributed by atoms with Crippen molar-refractivity contribution in [1.29, 1.82) is 0 Å². The number of benzene rings is 2. The average molecular weight is 322 g/mol. The lowest BCUT2D eigenvalue weighted by atomic mass is 10.1. The molecule has 1 aromatic heterocycles. The third-order valence-electron chi connectivity index (χ3n) is 3.68. The minimum atomic E-state index is -0.381. The molecule has 0 aliphatic heterocycles. The Labute approximate surface area is 140 Å². The molecule has 122 valence electrons. The second-order valence-corrected chi connectivity index (χ2v) is 5.45. The molecular formula is C19H18N2O3. The summed E-state index contributed by atoms with van der Waals surface area (Å²) in [4.78, 5) is 21.2. The van der Waals surface area contributed by atoms with E-state index in [1.165, 1.54) is 0 Å². The van der Waals surface area contributed by atoms with Gasteiger partial charge in [0, 0.05) is 7.11 Å². The maximum atomic E-state index is 12.2. The van der Waals surface area contributed by atoms with Gasteiger partial charge in [-0.2, -0.15) is 0 Å². The summed E-state index contributed by atoms with van der Waals surface area (Å²) in [7, 11) is 1.63. The third kappa shape index (κ3) is 3.58. The van der Waals surface area contributed by atoms with Crippen LogP contribution in [0.4, 0.5) is 0 Å². The van der Waals surface area contributed by atoms with Crippen LogP contribution < -0.4 is 0 Å². The van der Waals surface area contributed by atoms with Gasteiger partial charge in [0.25, 0.3) is 0 Å². The molecule has 0 N–H and O–H groups in total. The average Bonchev–Trinajstić information content (AvgIpc) is 2.60. The maximum absolute atomic E-state index is 12.2. The summed E-state index contributed by atoms with van der Waals surface area (Å²) in [5.74, 6) is -0.381. The number of para-hydroxylation sites is 2. The minimum Gasteiger partial charge on any atom is -0.456 e. The number of ether oxygens (including phenoxy) is 2. The molecule has 0 bridgehead atoms. The van der Waals surface area contributed by atoms with E-state index in [1.54, 1.807) is 19.2 Å². The Morgan fingerprint density at radius 1 is 0.958 bits per heavy atom. The van der Waals surface area contributed by atoms with Gasteiger partial charge < -0.3 is 9.47 Å². The molecule has 0 saturated heterocycles. The Kier molecular flexibility index (Phi) is 4.82. The number of methoxy groups -OCH3 is 1. The molecule has 0 amide bonds. The van der Waals surface area contributed by atoms with Crippen molar-refractivity contribution in [2.45, 2.75) is 20.1 Å². The zero-order valence-electron chi connectivity index (χ0n) is 13.7.